The van der Waals surface area contributed by atoms with Crippen LogP contribution >= 0.6 is 0 Å². The number of nitrogens with zero attached hydrogens (tertiary/aromatic N) is 3. The van der Waals surface area contributed by atoms with E-state index in [1.807, 2.05) is 40.8 Å². The lowest BCUT2D eigenvalue weighted by molar-refractivity contribution is -0.129. The van der Waals surface area contributed by atoms with Gasteiger partial charge in [-0.3, -0.25) is 14.3 Å². The zero-order chi connectivity index (χ0) is 22.5. The minimum absolute atomic E-state index is 0.108. The number of aromatic nitrogens is 2. The Hall–Kier alpha value is -3.41. The number of nitrogens with one attached hydrogen (secondary N) is 1. The number of hydrogen-bond acceptors (Lipinski definition) is 3. The van der Waals surface area contributed by atoms with Gasteiger partial charge in [0.05, 0.1) is 12.1 Å². The molecular weight excluding hydrogens is 400 g/mol. The van der Waals surface area contributed by atoms with Gasteiger partial charge in [0.1, 0.15) is 5.69 Å². The van der Waals surface area contributed by atoms with Gasteiger partial charge in [0.2, 0.25) is 5.91 Å². The van der Waals surface area contributed by atoms with Crippen LogP contribution in [0.3, 0.4) is 0 Å². The molecule has 0 saturated carbocycles. The molecule has 0 radical (unpaired) electrons. The molecule has 166 valence electrons. The van der Waals surface area contributed by atoms with Crippen LogP contribution in [0.5, 0.6) is 0 Å². The number of amides is 2. The summed E-state index contributed by atoms with van der Waals surface area (Å²) in [6.07, 6.45) is 4.26. The van der Waals surface area contributed by atoms with Gasteiger partial charge < -0.3 is 10.2 Å². The fourth-order valence-electron chi connectivity index (χ4n) is 3.98. The Bertz CT molecular complexity index is 1080. The van der Waals surface area contributed by atoms with Crippen molar-refractivity contribution >= 4 is 11.8 Å². The Labute approximate surface area is 189 Å². The lowest BCUT2D eigenvalue weighted by atomic mass is 10.1. The van der Waals surface area contributed by atoms with Crippen LogP contribution in [0.4, 0.5) is 0 Å². The van der Waals surface area contributed by atoms with Crippen molar-refractivity contribution in [3.05, 3.63) is 77.0 Å². The number of carbonyl (C=O) groups is 2. The minimum Gasteiger partial charge on any atom is -0.351 e. The number of likely N-dealkylation sites (tertiary alicyclic amines) is 1. The fraction of sp³-hybridized carbons (Fsp3) is 0.346. The molecule has 0 atom stereocenters. The normalized spacial score (nSPS) is 13.4. The molecule has 1 fully saturated rings. The molecule has 6 nitrogen and oxygen atoms in total. The van der Waals surface area contributed by atoms with E-state index in [-0.39, 0.29) is 11.8 Å². The van der Waals surface area contributed by atoms with E-state index in [9.17, 15) is 9.59 Å². The molecule has 0 bridgehead atoms. The molecule has 1 aliphatic heterocycles. The lowest BCUT2D eigenvalue weighted by Gasteiger charge is -2.15. The van der Waals surface area contributed by atoms with Gasteiger partial charge in [-0.1, -0.05) is 59.7 Å². The van der Waals surface area contributed by atoms with Crippen LogP contribution in [-0.4, -0.2) is 46.1 Å². The summed E-state index contributed by atoms with van der Waals surface area (Å²) >= 11 is 0. The summed E-state index contributed by atoms with van der Waals surface area (Å²) in [4.78, 5) is 27.2. The largest absolute Gasteiger partial charge is 0.351 e. The monoisotopic (exact) mass is 430 g/mol. The summed E-state index contributed by atoms with van der Waals surface area (Å²) in [5.41, 5.74) is 5.56. The number of carbonyl (C=O) groups excluding carboxylic acids is 2. The average Bonchev–Trinajstić information content (AvgIpc) is 3.46. The van der Waals surface area contributed by atoms with Gasteiger partial charge in [-0.15, -0.1) is 0 Å². The second kappa shape index (κ2) is 9.81. The van der Waals surface area contributed by atoms with Crippen molar-refractivity contribution in [3.8, 4) is 11.3 Å². The predicted molar refractivity (Wildman–Crippen MR) is 125 cm³/mol. The molecule has 0 aliphatic carbocycles. The van der Waals surface area contributed by atoms with Gasteiger partial charge in [-0.05, 0) is 32.3 Å². The molecule has 1 N–H and O–H groups in total. The fourth-order valence-corrected chi connectivity index (χ4v) is 3.98. The molecule has 2 amide bonds. The zero-order valence-electron chi connectivity index (χ0n) is 18.8. The van der Waals surface area contributed by atoms with Gasteiger partial charge in [0.15, 0.2) is 0 Å². The van der Waals surface area contributed by atoms with Crippen molar-refractivity contribution in [1.82, 2.24) is 20.0 Å². The Morgan fingerprint density at radius 2 is 1.56 bits per heavy atom. The molecule has 3 aromatic rings. The van der Waals surface area contributed by atoms with E-state index >= 15 is 0 Å². The van der Waals surface area contributed by atoms with Crippen molar-refractivity contribution in [2.24, 2.45) is 0 Å². The first kappa shape index (κ1) is 21.8. The summed E-state index contributed by atoms with van der Waals surface area (Å²) in [6, 6.07) is 16.3. The molecule has 0 spiro atoms. The highest BCUT2D eigenvalue weighted by Crippen LogP contribution is 2.23. The standard InChI is InChI=1S/C26H30N4O2/c1-19-5-9-21(10-6-19)17-30-18-23(25(28-30)22-11-7-20(2)8-12-22)26(32)27-14-13-24(31)29-15-3-4-16-29/h5-12,18H,3-4,13-17H2,1-2H3,(H,27,32). The molecule has 6 heteroatoms. The summed E-state index contributed by atoms with van der Waals surface area (Å²) in [5.74, 6) is -0.0958. The highest BCUT2D eigenvalue weighted by atomic mass is 16.2. The van der Waals surface area contributed by atoms with Crippen LogP contribution in [0.2, 0.25) is 0 Å². The molecular formula is C26H30N4O2. The average molecular weight is 431 g/mol. The predicted octanol–water partition coefficient (Wildman–Crippen LogP) is 3.96. The van der Waals surface area contributed by atoms with Crippen molar-refractivity contribution in [2.45, 2.75) is 39.7 Å². The smallest absolute Gasteiger partial charge is 0.255 e. The molecule has 2 aromatic carbocycles. The molecule has 2 heterocycles. The van der Waals surface area contributed by atoms with Crippen LogP contribution in [0, 0.1) is 13.8 Å². The van der Waals surface area contributed by atoms with Crippen molar-refractivity contribution in [1.29, 1.82) is 0 Å². The van der Waals surface area contributed by atoms with Gasteiger partial charge >= 0.3 is 0 Å². The van der Waals surface area contributed by atoms with Crippen LogP contribution < -0.4 is 5.32 Å². The summed E-state index contributed by atoms with van der Waals surface area (Å²) in [7, 11) is 0. The Balaban J connectivity index is 1.50. The third-order valence-corrected chi connectivity index (χ3v) is 5.88. The van der Waals surface area contributed by atoms with E-state index in [0.717, 1.165) is 42.6 Å². The van der Waals surface area contributed by atoms with Gasteiger partial charge in [-0.25, -0.2) is 0 Å². The van der Waals surface area contributed by atoms with Gasteiger partial charge in [0.25, 0.3) is 5.91 Å². The lowest BCUT2D eigenvalue weighted by Crippen LogP contribution is -2.32. The second-order valence-corrected chi connectivity index (χ2v) is 8.53. The third kappa shape index (κ3) is 5.25. The molecule has 1 aliphatic rings. The highest BCUT2D eigenvalue weighted by molar-refractivity contribution is 6.00. The summed E-state index contributed by atoms with van der Waals surface area (Å²) < 4.78 is 1.81. The molecule has 1 aromatic heterocycles. The Morgan fingerprint density at radius 3 is 2.22 bits per heavy atom. The van der Waals surface area contributed by atoms with Crippen LogP contribution in [0.25, 0.3) is 11.3 Å². The first-order chi connectivity index (χ1) is 15.5. The number of rotatable bonds is 7. The van der Waals surface area contributed by atoms with Crippen molar-refractivity contribution in [3.63, 3.8) is 0 Å². The third-order valence-electron chi connectivity index (χ3n) is 5.88. The van der Waals surface area contributed by atoms with E-state index in [0.29, 0.717) is 30.8 Å². The van der Waals surface area contributed by atoms with E-state index in [1.54, 1.807) is 6.20 Å². The zero-order valence-corrected chi connectivity index (χ0v) is 18.8. The quantitative estimate of drug-likeness (QED) is 0.617. The minimum atomic E-state index is -0.204. The molecule has 1 saturated heterocycles. The van der Waals surface area contributed by atoms with Crippen LogP contribution in [-0.2, 0) is 11.3 Å². The maximum atomic E-state index is 13.0. The van der Waals surface area contributed by atoms with Crippen molar-refractivity contribution < 1.29 is 9.59 Å². The van der Waals surface area contributed by atoms with Crippen molar-refractivity contribution in [2.75, 3.05) is 19.6 Å². The number of hydrogen-bond donors (Lipinski definition) is 1. The topological polar surface area (TPSA) is 67.2 Å². The van der Waals surface area contributed by atoms with E-state index < -0.39 is 0 Å². The molecule has 0 unspecified atom stereocenters. The SMILES string of the molecule is Cc1ccc(Cn2cc(C(=O)NCCC(=O)N3CCCC3)c(-c3ccc(C)cc3)n2)cc1. The van der Waals surface area contributed by atoms with Gasteiger partial charge in [-0.2, -0.15) is 5.10 Å². The van der Waals surface area contributed by atoms with Crippen LogP contribution in [0.1, 0.15) is 46.3 Å². The first-order valence-electron chi connectivity index (χ1n) is 11.3. The second-order valence-electron chi connectivity index (χ2n) is 8.53. The van der Waals surface area contributed by atoms with Crippen LogP contribution in [0.15, 0.2) is 54.7 Å². The maximum absolute atomic E-state index is 13.0. The maximum Gasteiger partial charge on any atom is 0.255 e. The van der Waals surface area contributed by atoms with E-state index in [1.165, 1.54) is 5.56 Å². The number of benzene rings is 2. The Kier molecular flexibility index (Phi) is 6.69. The molecule has 4 rings (SSSR count). The van der Waals surface area contributed by atoms with E-state index in [2.05, 4.69) is 36.5 Å². The Morgan fingerprint density at radius 1 is 0.938 bits per heavy atom. The summed E-state index contributed by atoms with van der Waals surface area (Å²) in [6.45, 7) is 6.66. The molecule has 32 heavy (non-hydrogen) atoms. The van der Waals surface area contributed by atoms with E-state index in [4.69, 9.17) is 5.10 Å². The highest BCUT2D eigenvalue weighted by Gasteiger charge is 2.20. The summed E-state index contributed by atoms with van der Waals surface area (Å²) in [5, 5.41) is 7.66. The number of aryl methyl sites for hydroxylation is 2. The van der Waals surface area contributed by atoms with Gasteiger partial charge in [0, 0.05) is 37.8 Å². The first-order valence-corrected chi connectivity index (χ1v) is 11.3.